The summed E-state index contributed by atoms with van der Waals surface area (Å²) < 4.78 is 0. The van der Waals surface area contributed by atoms with Gasteiger partial charge in [-0.15, -0.1) is 0 Å². The van der Waals surface area contributed by atoms with Crippen molar-refractivity contribution in [2.45, 2.75) is 13.3 Å². The third kappa shape index (κ3) is 8.11. The molecule has 0 spiro atoms. The van der Waals surface area contributed by atoms with Crippen LogP contribution in [0, 0.1) is 0 Å². The highest BCUT2D eigenvalue weighted by atomic mass is 35.5. The molecule has 0 bridgehead atoms. The quantitative estimate of drug-likeness (QED) is 0.583. The Morgan fingerprint density at radius 3 is 2.28 bits per heavy atom. The number of amides is 4. The molecule has 154 valence electrons. The minimum absolute atomic E-state index is 0.0273. The van der Waals surface area contributed by atoms with Gasteiger partial charge in [0.1, 0.15) is 0 Å². The van der Waals surface area contributed by atoms with Gasteiger partial charge >= 0.3 is 6.03 Å². The first-order valence-corrected chi connectivity index (χ1v) is 9.76. The van der Waals surface area contributed by atoms with Crippen LogP contribution < -0.4 is 16.0 Å². The zero-order chi connectivity index (χ0) is 21.2. The predicted octanol–water partition coefficient (Wildman–Crippen LogP) is 3.99. The first-order valence-electron chi connectivity index (χ1n) is 9.00. The zero-order valence-corrected chi connectivity index (χ0v) is 17.4. The van der Waals surface area contributed by atoms with Crippen molar-refractivity contribution in [2.75, 3.05) is 30.3 Å². The second-order valence-corrected chi connectivity index (χ2v) is 7.09. The van der Waals surface area contributed by atoms with Crippen molar-refractivity contribution in [3.8, 4) is 0 Å². The Morgan fingerprint density at radius 1 is 0.931 bits per heavy atom. The number of halogens is 2. The number of urea groups is 1. The van der Waals surface area contributed by atoms with Gasteiger partial charge in [-0.3, -0.25) is 19.8 Å². The maximum Gasteiger partial charge on any atom is 0.325 e. The first kappa shape index (κ1) is 22.7. The summed E-state index contributed by atoms with van der Waals surface area (Å²) in [4.78, 5) is 38.1. The molecule has 0 aliphatic carbocycles. The van der Waals surface area contributed by atoms with E-state index in [4.69, 9.17) is 23.2 Å². The molecule has 0 aromatic heterocycles. The Morgan fingerprint density at radius 2 is 1.62 bits per heavy atom. The van der Waals surface area contributed by atoms with Gasteiger partial charge in [-0.1, -0.05) is 48.3 Å². The molecule has 0 atom stereocenters. The fourth-order valence-electron chi connectivity index (χ4n) is 2.57. The molecule has 0 aliphatic rings. The maximum atomic E-state index is 12.3. The summed E-state index contributed by atoms with van der Waals surface area (Å²) in [6, 6.07) is 12.9. The van der Waals surface area contributed by atoms with E-state index in [-0.39, 0.29) is 19.0 Å². The average molecular weight is 437 g/mol. The summed E-state index contributed by atoms with van der Waals surface area (Å²) in [5.41, 5.74) is 1.01. The van der Waals surface area contributed by atoms with Crippen LogP contribution >= 0.6 is 23.2 Å². The van der Waals surface area contributed by atoms with Gasteiger partial charge in [0, 0.05) is 10.7 Å². The molecule has 4 amide bonds. The van der Waals surface area contributed by atoms with Crippen molar-refractivity contribution in [2.24, 2.45) is 0 Å². The fourth-order valence-corrected chi connectivity index (χ4v) is 3.02. The molecular weight excluding hydrogens is 415 g/mol. The van der Waals surface area contributed by atoms with E-state index in [2.05, 4.69) is 16.0 Å². The molecule has 29 heavy (non-hydrogen) atoms. The van der Waals surface area contributed by atoms with Crippen LogP contribution in [-0.2, 0) is 9.59 Å². The van der Waals surface area contributed by atoms with E-state index in [1.807, 2.05) is 13.0 Å². The number of anilines is 2. The van der Waals surface area contributed by atoms with Gasteiger partial charge in [-0.25, -0.2) is 4.79 Å². The minimum atomic E-state index is -0.630. The molecule has 0 saturated heterocycles. The summed E-state index contributed by atoms with van der Waals surface area (Å²) in [6.07, 6.45) is 0.735. The Kier molecular flexibility index (Phi) is 8.92. The van der Waals surface area contributed by atoms with Gasteiger partial charge in [0.2, 0.25) is 11.8 Å². The van der Waals surface area contributed by atoms with Crippen molar-refractivity contribution in [1.29, 1.82) is 0 Å². The van der Waals surface area contributed by atoms with E-state index in [9.17, 15) is 14.4 Å². The zero-order valence-electron chi connectivity index (χ0n) is 15.9. The van der Waals surface area contributed by atoms with Gasteiger partial charge in [-0.2, -0.15) is 0 Å². The molecule has 2 rings (SSSR count). The lowest BCUT2D eigenvalue weighted by Crippen LogP contribution is -2.44. The Hall–Kier alpha value is -2.61. The standard InChI is InChI=1S/C20H22Cl2N4O3/c1-2-10-26(12-18(27)24-17-9-8-14(21)11-16(17)22)13-19(28)25-20(29)23-15-6-4-3-5-7-15/h3-9,11H,2,10,12-13H2,1H3,(H,24,27)(H2,23,25,28,29). The molecule has 0 aliphatic heterocycles. The molecule has 0 unspecified atom stereocenters. The van der Waals surface area contributed by atoms with Gasteiger partial charge in [0.15, 0.2) is 0 Å². The van der Waals surface area contributed by atoms with E-state index < -0.39 is 11.9 Å². The largest absolute Gasteiger partial charge is 0.325 e. The maximum absolute atomic E-state index is 12.3. The lowest BCUT2D eigenvalue weighted by Gasteiger charge is -2.20. The van der Waals surface area contributed by atoms with Gasteiger partial charge in [-0.05, 0) is 43.3 Å². The Labute approximate surface area is 179 Å². The van der Waals surface area contributed by atoms with E-state index >= 15 is 0 Å². The summed E-state index contributed by atoms with van der Waals surface area (Å²) in [6.45, 7) is 2.31. The smallest absolute Gasteiger partial charge is 0.324 e. The number of hydrogen-bond donors (Lipinski definition) is 3. The van der Waals surface area contributed by atoms with Crippen LogP contribution in [0.15, 0.2) is 48.5 Å². The van der Waals surface area contributed by atoms with E-state index in [1.165, 1.54) is 6.07 Å². The van der Waals surface area contributed by atoms with Crippen LogP contribution in [0.1, 0.15) is 13.3 Å². The van der Waals surface area contributed by atoms with Crippen molar-refractivity contribution in [3.63, 3.8) is 0 Å². The number of rotatable bonds is 8. The molecule has 2 aromatic carbocycles. The monoisotopic (exact) mass is 436 g/mol. The number of carbonyl (C=O) groups excluding carboxylic acids is 3. The van der Waals surface area contributed by atoms with Gasteiger partial charge in [0.25, 0.3) is 0 Å². The van der Waals surface area contributed by atoms with Crippen molar-refractivity contribution in [3.05, 3.63) is 58.6 Å². The third-order valence-corrected chi connectivity index (χ3v) is 4.31. The van der Waals surface area contributed by atoms with Crippen LogP contribution in [0.3, 0.4) is 0 Å². The van der Waals surface area contributed by atoms with Crippen molar-refractivity contribution in [1.82, 2.24) is 10.2 Å². The third-order valence-electron chi connectivity index (χ3n) is 3.76. The second-order valence-electron chi connectivity index (χ2n) is 6.25. The van der Waals surface area contributed by atoms with E-state index in [1.54, 1.807) is 41.3 Å². The summed E-state index contributed by atoms with van der Waals surface area (Å²) in [5.74, 6) is -0.839. The number of nitrogens with one attached hydrogen (secondary N) is 3. The van der Waals surface area contributed by atoms with Crippen LogP contribution in [0.25, 0.3) is 0 Å². The number of para-hydroxylation sites is 1. The van der Waals surface area contributed by atoms with Crippen LogP contribution in [0.4, 0.5) is 16.2 Å². The molecule has 2 aromatic rings. The van der Waals surface area contributed by atoms with Crippen molar-refractivity contribution >= 4 is 52.4 Å². The lowest BCUT2D eigenvalue weighted by atomic mass is 10.3. The number of carbonyl (C=O) groups is 3. The van der Waals surface area contributed by atoms with Gasteiger partial charge < -0.3 is 10.6 Å². The topological polar surface area (TPSA) is 90.5 Å². The Bertz CT molecular complexity index is 862. The predicted molar refractivity (Wildman–Crippen MR) is 115 cm³/mol. The van der Waals surface area contributed by atoms with Gasteiger partial charge in [0.05, 0.1) is 23.8 Å². The average Bonchev–Trinajstić information content (AvgIpc) is 2.64. The number of hydrogen-bond acceptors (Lipinski definition) is 4. The normalized spacial score (nSPS) is 10.5. The summed E-state index contributed by atoms with van der Waals surface area (Å²) in [7, 11) is 0. The summed E-state index contributed by atoms with van der Waals surface area (Å²) >= 11 is 11.9. The van der Waals surface area contributed by atoms with E-state index in [0.29, 0.717) is 28.0 Å². The van der Waals surface area contributed by atoms with E-state index in [0.717, 1.165) is 6.42 Å². The molecule has 0 heterocycles. The molecule has 3 N–H and O–H groups in total. The lowest BCUT2D eigenvalue weighted by molar-refractivity contribution is -0.122. The highest BCUT2D eigenvalue weighted by molar-refractivity contribution is 6.36. The van der Waals surface area contributed by atoms with Crippen LogP contribution in [-0.4, -0.2) is 42.4 Å². The molecular formula is C20H22Cl2N4O3. The molecule has 7 nitrogen and oxygen atoms in total. The first-order chi connectivity index (χ1) is 13.9. The molecule has 0 fully saturated rings. The molecule has 0 radical (unpaired) electrons. The minimum Gasteiger partial charge on any atom is -0.324 e. The fraction of sp³-hybridized carbons (Fsp3) is 0.250. The highest BCUT2D eigenvalue weighted by Crippen LogP contribution is 2.25. The highest BCUT2D eigenvalue weighted by Gasteiger charge is 2.16. The number of nitrogens with zero attached hydrogens (tertiary/aromatic N) is 1. The molecule has 9 heteroatoms. The number of benzene rings is 2. The number of imide groups is 1. The van der Waals surface area contributed by atoms with Crippen molar-refractivity contribution < 1.29 is 14.4 Å². The van der Waals surface area contributed by atoms with Crippen LogP contribution in [0.2, 0.25) is 10.0 Å². The second kappa shape index (κ2) is 11.4. The Balaban J connectivity index is 1.86. The summed E-state index contributed by atoms with van der Waals surface area (Å²) in [5, 5.41) is 8.30. The van der Waals surface area contributed by atoms with Crippen LogP contribution in [0.5, 0.6) is 0 Å². The SMILES string of the molecule is CCCN(CC(=O)NC(=O)Nc1ccccc1)CC(=O)Nc1ccc(Cl)cc1Cl. The molecule has 0 saturated carbocycles.